The molecule has 1 saturated heterocycles. The third kappa shape index (κ3) is 4.01. The van der Waals surface area contributed by atoms with Gasteiger partial charge in [-0.25, -0.2) is 0 Å². The van der Waals surface area contributed by atoms with Crippen molar-refractivity contribution in [2.24, 2.45) is 5.41 Å². The molecule has 4 rings (SSSR count). The van der Waals surface area contributed by atoms with Gasteiger partial charge in [0.1, 0.15) is 11.8 Å². The van der Waals surface area contributed by atoms with Crippen LogP contribution >= 0.6 is 0 Å². The van der Waals surface area contributed by atoms with E-state index in [9.17, 15) is 9.90 Å². The van der Waals surface area contributed by atoms with Gasteiger partial charge in [0.05, 0.1) is 18.6 Å². The Labute approximate surface area is 171 Å². The Balaban J connectivity index is 1.64. The van der Waals surface area contributed by atoms with Gasteiger partial charge in [0.2, 0.25) is 11.8 Å². The molecule has 156 valence electrons. The molecule has 1 aliphatic carbocycles. The van der Waals surface area contributed by atoms with Crippen LogP contribution in [0, 0.1) is 12.3 Å². The molecule has 1 saturated carbocycles. The lowest BCUT2D eigenvalue weighted by atomic mass is 9.69. The fourth-order valence-corrected chi connectivity index (χ4v) is 4.89. The molecule has 0 radical (unpaired) electrons. The maximum atomic E-state index is 13.9. The standard InChI is InChI=1S/C22H29N3O4/c1-15-23-20(29-24-15)19-12-17(26)14-25(19)21(27)22(9-4-3-5-10-22)13-16-7-6-8-18(11-16)28-2/h6-8,11,17,19,26H,3-5,9-10,12-14H2,1-2H3/t17-,19-/m1/s1. The Morgan fingerprint density at radius 1 is 1.34 bits per heavy atom. The molecule has 2 atom stereocenters. The molecule has 0 unspecified atom stereocenters. The molecule has 1 aromatic carbocycles. The number of aliphatic hydroxyl groups excluding tert-OH is 1. The SMILES string of the molecule is COc1cccc(CC2(C(=O)N3C[C@H](O)C[C@@H]3c3nc(C)no3)CCCCC2)c1. The van der Waals surface area contributed by atoms with Crippen molar-refractivity contribution in [3.05, 3.63) is 41.5 Å². The summed E-state index contributed by atoms with van der Waals surface area (Å²) in [6, 6.07) is 7.61. The van der Waals surface area contributed by atoms with Crippen LogP contribution in [-0.2, 0) is 11.2 Å². The van der Waals surface area contributed by atoms with Crippen LogP contribution in [0.5, 0.6) is 5.75 Å². The summed E-state index contributed by atoms with van der Waals surface area (Å²) in [5.74, 6) is 1.85. The number of nitrogens with zero attached hydrogens (tertiary/aromatic N) is 3. The van der Waals surface area contributed by atoms with E-state index in [1.807, 2.05) is 18.2 Å². The predicted octanol–water partition coefficient (Wildman–Crippen LogP) is 3.21. The number of aliphatic hydroxyl groups is 1. The van der Waals surface area contributed by atoms with Gasteiger partial charge in [0.25, 0.3) is 0 Å². The lowest BCUT2D eigenvalue weighted by Crippen LogP contribution is -2.46. The summed E-state index contributed by atoms with van der Waals surface area (Å²) in [7, 11) is 1.66. The first kappa shape index (κ1) is 19.9. The van der Waals surface area contributed by atoms with E-state index in [0.717, 1.165) is 43.4 Å². The van der Waals surface area contributed by atoms with E-state index < -0.39 is 11.5 Å². The van der Waals surface area contributed by atoms with Crippen LogP contribution in [0.15, 0.2) is 28.8 Å². The number of β-amino-alcohol motifs (C(OH)–C–C–N with tert-alkyl or cyclic N) is 1. The third-order valence-corrected chi connectivity index (χ3v) is 6.31. The van der Waals surface area contributed by atoms with Gasteiger partial charge in [-0.15, -0.1) is 0 Å². The second-order valence-electron chi connectivity index (χ2n) is 8.41. The van der Waals surface area contributed by atoms with Gasteiger partial charge in [-0.3, -0.25) is 4.79 Å². The van der Waals surface area contributed by atoms with Crippen molar-refractivity contribution < 1.29 is 19.2 Å². The quantitative estimate of drug-likeness (QED) is 0.830. The van der Waals surface area contributed by atoms with Crippen LogP contribution < -0.4 is 4.74 Å². The summed E-state index contributed by atoms with van der Waals surface area (Å²) in [4.78, 5) is 20.0. The second kappa shape index (κ2) is 8.14. The third-order valence-electron chi connectivity index (χ3n) is 6.31. The van der Waals surface area contributed by atoms with Crippen LogP contribution in [0.1, 0.15) is 61.8 Å². The molecule has 7 nitrogen and oxygen atoms in total. The highest BCUT2D eigenvalue weighted by Crippen LogP contribution is 2.44. The number of likely N-dealkylation sites (tertiary alicyclic amines) is 1. The van der Waals surface area contributed by atoms with E-state index in [4.69, 9.17) is 9.26 Å². The average molecular weight is 399 g/mol. The molecule has 2 aliphatic rings. The molecule has 7 heteroatoms. The fraction of sp³-hybridized carbons (Fsp3) is 0.591. The minimum atomic E-state index is -0.575. The van der Waals surface area contributed by atoms with Crippen molar-refractivity contribution in [1.82, 2.24) is 15.0 Å². The van der Waals surface area contributed by atoms with Crippen LogP contribution in [0.25, 0.3) is 0 Å². The van der Waals surface area contributed by atoms with Crippen molar-refractivity contribution >= 4 is 5.91 Å². The lowest BCUT2D eigenvalue weighted by Gasteiger charge is -2.40. The monoisotopic (exact) mass is 399 g/mol. The van der Waals surface area contributed by atoms with Gasteiger partial charge < -0.3 is 19.3 Å². The Kier molecular flexibility index (Phi) is 5.58. The number of carbonyl (C=O) groups is 1. The van der Waals surface area contributed by atoms with E-state index in [1.54, 1.807) is 18.9 Å². The van der Waals surface area contributed by atoms with Crippen LogP contribution in [0.4, 0.5) is 0 Å². The van der Waals surface area contributed by atoms with Crippen LogP contribution in [-0.4, -0.2) is 45.8 Å². The minimum Gasteiger partial charge on any atom is -0.497 e. The Morgan fingerprint density at radius 3 is 2.83 bits per heavy atom. The molecule has 1 aromatic heterocycles. The van der Waals surface area contributed by atoms with Crippen molar-refractivity contribution in [3.8, 4) is 5.75 Å². The Bertz CT molecular complexity index is 859. The lowest BCUT2D eigenvalue weighted by molar-refractivity contribution is -0.146. The molecular weight excluding hydrogens is 370 g/mol. The Hall–Kier alpha value is -2.41. The first-order chi connectivity index (χ1) is 14.0. The van der Waals surface area contributed by atoms with Crippen molar-refractivity contribution in [3.63, 3.8) is 0 Å². The second-order valence-corrected chi connectivity index (χ2v) is 8.41. The van der Waals surface area contributed by atoms with Gasteiger partial charge >= 0.3 is 0 Å². The number of aromatic nitrogens is 2. The van der Waals surface area contributed by atoms with Crippen molar-refractivity contribution in [2.75, 3.05) is 13.7 Å². The zero-order valence-electron chi connectivity index (χ0n) is 17.1. The fourth-order valence-electron chi connectivity index (χ4n) is 4.89. The molecule has 0 bridgehead atoms. The van der Waals surface area contributed by atoms with E-state index in [0.29, 0.717) is 31.1 Å². The maximum absolute atomic E-state index is 13.9. The molecule has 1 amide bonds. The number of amides is 1. The molecule has 2 aromatic rings. The number of methoxy groups -OCH3 is 1. The summed E-state index contributed by atoms with van der Waals surface area (Å²) in [5, 5.41) is 14.2. The smallest absolute Gasteiger partial charge is 0.249 e. The molecule has 1 aliphatic heterocycles. The molecule has 1 N–H and O–H groups in total. The molecule has 2 heterocycles. The van der Waals surface area contributed by atoms with Crippen LogP contribution in [0.2, 0.25) is 0 Å². The summed E-state index contributed by atoms with van der Waals surface area (Å²) < 4.78 is 10.7. The Morgan fingerprint density at radius 2 is 2.14 bits per heavy atom. The van der Waals surface area contributed by atoms with Crippen molar-refractivity contribution in [1.29, 1.82) is 0 Å². The van der Waals surface area contributed by atoms with E-state index in [-0.39, 0.29) is 11.9 Å². The largest absolute Gasteiger partial charge is 0.497 e. The van der Waals surface area contributed by atoms with E-state index >= 15 is 0 Å². The molecular formula is C22H29N3O4. The zero-order valence-corrected chi connectivity index (χ0v) is 17.1. The first-order valence-corrected chi connectivity index (χ1v) is 10.4. The highest BCUT2D eigenvalue weighted by atomic mass is 16.5. The van der Waals surface area contributed by atoms with Gasteiger partial charge in [-0.2, -0.15) is 4.98 Å². The van der Waals surface area contributed by atoms with Gasteiger partial charge in [-0.05, 0) is 43.9 Å². The average Bonchev–Trinajstić information content (AvgIpc) is 3.33. The molecule has 2 fully saturated rings. The van der Waals surface area contributed by atoms with E-state index in [2.05, 4.69) is 16.2 Å². The van der Waals surface area contributed by atoms with Gasteiger partial charge in [0, 0.05) is 13.0 Å². The highest BCUT2D eigenvalue weighted by molar-refractivity contribution is 5.84. The summed E-state index contributed by atoms with van der Waals surface area (Å²) in [5.41, 5.74) is 0.631. The van der Waals surface area contributed by atoms with E-state index in [1.165, 1.54) is 0 Å². The summed E-state index contributed by atoms with van der Waals surface area (Å²) in [6.07, 6.45) is 5.47. The number of benzene rings is 1. The maximum Gasteiger partial charge on any atom is 0.249 e. The number of aryl methyl sites for hydroxylation is 1. The number of rotatable bonds is 5. The first-order valence-electron chi connectivity index (χ1n) is 10.4. The number of hydrogen-bond donors (Lipinski definition) is 1. The molecule has 0 spiro atoms. The number of ether oxygens (including phenoxy) is 1. The number of hydrogen-bond acceptors (Lipinski definition) is 6. The summed E-state index contributed by atoms with van der Waals surface area (Å²) in [6.45, 7) is 2.07. The minimum absolute atomic E-state index is 0.0948. The predicted molar refractivity (Wildman–Crippen MR) is 106 cm³/mol. The van der Waals surface area contributed by atoms with Gasteiger partial charge in [-0.1, -0.05) is 36.6 Å². The van der Waals surface area contributed by atoms with Gasteiger partial charge in [0.15, 0.2) is 5.82 Å². The van der Waals surface area contributed by atoms with Crippen molar-refractivity contribution in [2.45, 2.75) is 64.0 Å². The topological polar surface area (TPSA) is 88.7 Å². The number of carbonyl (C=O) groups excluding carboxylic acids is 1. The highest BCUT2D eigenvalue weighted by Gasteiger charge is 2.48. The molecule has 29 heavy (non-hydrogen) atoms. The summed E-state index contributed by atoms with van der Waals surface area (Å²) >= 11 is 0. The zero-order chi connectivity index (χ0) is 20.4. The van der Waals surface area contributed by atoms with Crippen LogP contribution in [0.3, 0.4) is 0 Å². The normalized spacial score (nSPS) is 23.9.